The second kappa shape index (κ2) is 5.34. The number of amides is 1. The predicted molar refractivity (Wildman–Crippen MR) is 87.9 cm³/mol. The molecule has 1 aromatic heterocycles. The fourth-order valence-corrected chi connectivity index (χ4v) is 3.79. The van der Waals surface area contributed by atoms with Crippen LogP contribution in [0, 0.1) is 5.82 Å². The normalized spacial score (nSPS) is 20.9. The zero-order valence-corrected chi connectivity index (χ0v) is 13.4. The number of hydrogen-bond donors (Lipinski definition) is 1. The number of rotatable bonds is 3. The van der Waals surface area contributed by atoms with Crippen molar-refractivity contribution in [3.63, 3.8) is 0 Å². The van der Waals surface area contributed by atoms with Gasteiger partial charge in [-0.25, -0.2) is 4.39 Å². The van der Waals surface area contributed by atoms with Crippen molar-refractivity contribution in [2.24, 2.45) is 0 Å². The van der Waals surface area contributed by atoms with E-state index in [0.29, 0.717) is 0 Å². The summed E-state index contributed by atoms with van der Waals surface area (Å²) in [5, 5.41) is 0.976. The van der Waals surface area contributed by atoms with Crippen molar-refractivity contribution in [1.29, 1.82) is 0 Å². The van der Waals surface area contributed by atoms with Gasteiger partial charge in [0.05, 0.1) is 5.41 Å². The fraction of sp³-hybridized carbons (Fsp3) is 0.500. The number of aromatic nitrogens is 1. The molecule has 4 rings (SSSR count). The number of likely N-dealkylation sites (N-methyl/N-ethyl adjacent to an activating group) is 1. The molecule has 23 heavy (non-hydrogen) atoms. The van der Waals surface area contributed by atoms with Crippen molar-refractivity contribution in [3.05, 3.63) is 35.8 Å². The third-order valence-electron chi connectivity index (χ3n) is 5.43. The molecule has 2 aromatic rings. The first kappa shape index (κ1) is 14.7. The van der Waals surface area contributed by atoms with Crippen molar-refractivity contribution in [1.82, 2.24) is 14.8 Å². The number of aromatic amines is 1. The molecule has 1 saturated heterocycles. The lowest BCUT2D eigenvalue weighted by molar-refractivity contribution is -0.135. The minimum absolute atomic E-state index is 0.249. The summed E-state index contributed by atoms with van der Waals surface area (Å²) in [6.07, 6.45) is 3.69. The number of H-pyrrole nitrogens is 1. The van der Waals surface area contributed by atoms with Crippen LogP contribution in [0.1, 0.15) is 25.3 Å². The van der Waals surface area contributed by atoms with Crippen LogP contribution in [0.4, 0.5) is 4.39 Å². The molecule has 122 valence electrons. The van der Waals surface area contributed by atoms with Gasteiger partial charge in [-0.1, -0.05) is 6.92 Å². The lowest BCUT2D eigenvalue weighted by atomic mass is 9.93. The summed E-state index contributed by atoms with van der Waals surface area (Å²) in [5.41, 5.74) is 1.43. The molecule has 2 aliphatic rings. The van der Waals surface area contributed by atoms with Crippen LogP contribution in [0.25, 0.3) is 10.9 Å². The van der Waals surface area contributed by atoms with E-state index in [1.165, 1.54) is 12.1 Å². The molecular weight excluding hydrogens is 293 g/mol. The summed E-state index contributed by atoms with van der Waals surface area (Å²) in [6.45, 7) is 6.73. The van der Waals surface area contributed by atoms with Crippen LogP contribution in [0.2, 0.25) is 0 Å². The number of nitrogens with one attached hydrogen (secondary N) is 1. The number of carbonyl (C=O) groups is 1. The molecule has 2 fully saturated rings. The van der Waals surface area contributed by atoms with E-state index in [1.54, 1.807) is 6.07 Å². The molecule has 1 aliphatic carbocycles. The molecule has 1 amide bonds. The molecular formula is C18H22FN3O. The second-order valence-electron chi connectivity index (χ2n) is 6.70. The summed E-state index contributed by atoms with van der Waals surface area (Å²) in [5.74, 6) is -0.00348. The van der Waals surface area contributed by atoms with E-state index in [4.69, 9.17) is 0 Å². The van der Waals surface area contributed by atoms with E-state index in [1.807, 2.05) is 11.1 Å². The van der Waals surface area contributed by atoms with Gasteiger partial charge in [0.1, 0.15) is 5.82 Å². The van der Waals surface area contributed by atoms with Crippen LogP contribution in [-0.4, -0.2) is 53.4 Å². The van der Waals surface area contributed by atoms with Crippen molar-refractivity contribution in [2.45, 2.75) is 25.2 Å². The molecule has 0 spiro atoms. The first-order valence-corrected chi connectivity index (χ1v) is 8.43. The van der Waals surface area contributed by atoms with E-state index in [2.05, 4.69) is 16.8 Å². The van der Waals surface area contributed by atoms with E-state index < -0.39 is 0 Å². The smallest absolute Gasteiger partial charge is 0.233 e. The SMILES string of the molecule is CCN1CCN(C(=O)C2(c3c[nH]c4cc(F)ccc34)CC2)CC1. The Morgan fingerprint density at radius 3 is 2.65 bits per heavy atom. The highest BCUT2D eigenvalue weighted by Crippen LogP contribution is 2.51. The Balaban J connectivity index is 1.61. The molecule has 1 saturated carbocycles. The minimum atomic E-state index is -0.384. The van der Waals surface area contributed by atoms with Gasteiger partial charge in [0.25, 0.3) is 0 Å². The monoisotopic (exact) mass is 315 g/mol. The third-order valence-corrected chi connectivity index (χ3v) is 5.43. The maximum atomic E-state index is 13.4. The first-order chi connectivity index (χ1) is 11.1. The van der Waals surface area contributed by atoms with Crippen LogP contribution in [0.15, 0.2) is 24.4 Å². The topological polar surface area (TPSA) is 39.3 Å². The Kier molecular flexibility index (Phi) is 3.41. The van der Waals surface area contributed by atoms with Gasteiger partial charge in [0.15, 0.2) is 0 Å². The predicted octanol–water partition coefficient (Wildman–Crippen LogP) is 2.50. The molecule has 2 heterocycles. The van der Waals surface area contributed by atoms with Gasteiger partial charge in [0.2, 0.25) is 5.91 Å². The van der Waals surface area contributed by atoms with Crippen LogP contribution < -0.4 is 0 Å². The number of benzene rings is 1. The Bertz CT molecular complexity index is 742. The Hall–Kier alpha value is -1.88. The van der Waals surface area contributed by atoms with Crippen LogP contribution in [0.3, 0.4) is 0 Å². The van der Waals surface area contributed by atoms with Crippen molar-refractivity contribution < 1.29 is 9.18 Å². The summed E-state index contributed by atoms with van der Waals surface area (Å²) in [7, 11) is 0. The Morgan fingerprint density at radius 2 is 2.00 bits per heavy atom. The molecule has 1 aliphatic heterocycles. The molecule has 0 bridgehead atoms. The van der Waals surface area contributed by atoms with E-state index in [0.717, 1.165) is 62.0 Å². The number of piperazine rings is 1. The van der Waals surface area contributed by atoms with Crippen LogP contribution in [-0.2, 0) is 10.2 Å². The average molecular weight is 315 g/mol. The number of hydrogen-bond acceptors (Lipinski definition) is 2. The van der Waals surface area contributed by atoms with E-state index in [-0.39, 0.29) is 17.1 Å². The second-order valence-corrected chi connectivity index (χ2v) is 6.70. The standard InChI is InChI=1S/C18H22FN3O/c1-2-21-7-9-22(10-8-21)17(23)18(5-6-18)15-12-20-16-11-13(19)3-4-14(15)16/h3-4,11-12,20H,2,5-10H2,1H3. The summed E-state index contributed by atoms with van der Waals surface area (Å²) >= 11 is 0. The molecule has 1 aromatic carbocycles. The number of nitrogens with zero attached hydrogens (tertiary/aromatic N) is 2. The summed E-state index contributed by atoms with van der Waals surface area (Å²) in [4.78, 5) is 20.6. The number of fused-ring (bicyclic) bond motifs is 1. The summed E-state index contributed by atoms with van der Waals surface area (Å²) in [6, 6.07) is 4.76. The molecule has 0 radical (unpaired) electrons. The minimum Gasteiger partial charge on any atom is -0.361 e. The zero-order valence-electron chi connectivity index (χ0n) is 13.4. The quantitative estimate of drug-likeness (QED) is 0.945. The third kappa shape index (κ3) is 2.34. The average Bonchev–Trinajstić information content (AvgIpc) is 3.28. The van der Waals surface area contributed by atoms with Gasteiger partial charge in [-0.2, -0.15) is 0 Å². The molecule has 1 N–H and O–H groups in total. The van der Waals surface area contributed by atoms with Gasteiger partial charge in [-0.05, 0) is 43.1 Å². The van der Waals surface area contributed by atoms with E-state index in [9.17, 15) is 9.18 Å². The number of carbonyl (C=O) groups excluding carboxylic acids is 1. The molecule has 5 heteroatoms. The first-order valence-electron chi connectivity index (χ1n) is 8.43. The zero-order chi connectivity index (χ0) is 16.0. The lowest BCUT2D eigenvalue weighted by Crippen LogP contribution is -2.51. The molecule has 0 unspecified atom stereocenters. The molecule has 0 atom stereocenters. The highest BCUT2D eigenvalue weighted by Gasteiger charge is 2.54. The lowest BCUT2D eigenvalue weighted by Gasteiger charge is -2.36. The van der Waals surface area contributed by atoms with Crippen LogP contribution in [0.5, 0.6) is 0 Å². The van der Waals surface area contributed by atoms with Gasteiger partial charge >= 0.3 is 0 Å². The van der Waals surface area contributed by atoms with Gasteiger partial charge in [-0.15, -0.1) is 0 Å². The fourth-order valence-electron chi connectivity index (χ4n) is 3.79. The Labute approximate surface area is 135 Å². The maximum Gasteiger partial charge on any atom is 0.233 e. The Morgan fingerprint density at radius 1 is 1.26 bits per heavy atom. The van der Waals surface area contributed by atoms with Crippen molar-refractivity contribution >= 4 is 16.8 Å². The largest absolute Gasteiger partial charge is 0.361 e. The summed E-state index contributed by atoms with van der Waals surface area (Å²) < 4.78 is 13.4. The van der Waals surface area contributed by atoms with Gasteiger partial charge in [0, 0.05) is 43.3 Å². The highest BCUT2D eigenvalue weighted by molar-refractivity contribution is 5.97. The van der Waals surface area contributed by atoms with Crippen LogP contribution >= 0.6 is 0 Å². The number of halogens is 1. The van der Waals surface area contributed by atoms with Gasteiger partial charge in [-0.3, -0.25) is 4.79 Å². The van der Waals surface area contributed by atoms with E-state index >= 15 is 0 Å². The van der Waals surface area contributed by atoms with Crippen molar-refractivity contribution in [3.8, 4) is 0 Å². The molecule has 4 nitrogen and oxygen atoms in total. The van der Waals surface area contributed by atoms with Gasteiger partial charge < -0.3 is 14.8 Å². The highest BCUT2D eigenvalue weighted by atomic mass is 19.1. The maximum absolute atomic E-state index is 13.4. The van der Waals surface area contributed by atoms with Crippen molar-refractivity contribution in [2.75, 3.05) is 32.7 Å².